The summed E-state index contributed by atoms with van der Waals surface area (Å²) >= 11 is 0. The first-order chi connectivity index (χ1) is 33.4. The first-order valence-corrected chi connectivity index (χ1v) is 30.0. The van der Waals surface area contributed by atoms with Gasteiger partial charge in [-0.2, -0.15) is 0 Å². The third kappa shape index (κ3) is 39.5. The van der Waals surface area contributed by atoms with Crippen molar-refractivity contribution in [2.75, 3.05) is 19.8 Å². The fourth-order valence-corrected chi connectivity index (χ4v) is 9.59. The van der Waals surface area contributed by atoms with Gasteiger partial charge in [-0.25, -0.2) is 14.6 Å². The van der Waals surface area contributed by atoms with Crippen molar-refractivity contribution in [2.24, 2.45) is 4.99 Å². The zero-order chi connectivity index (χ0) is 49.3. The lowest BCUT2D eigenvalue weighted by molar-refractivity contribution is -0.159. The second-order valence-corrected chi connectivity index (χ2v) is 21.1. The van der Waals surface area contributed by atoms with Crippen LogP contribution in [-0.4, -0.2) is 54.8 Å². The molecule has 0 saturated carbocycles. The maximum Gasteiger partial charge on any atom is 0.374 e. The molecule has 0 unspecified atom stereocenters. The molecule has 0 saturated heterocycles. The van der Waals surface area contributed by atoms with E-state index >= 15 is 0 Å². The Balaban J connectivity index is 2.43. The molecule has 1 aliphatic rings. The van der Waals surface area contributed by atoms with Crippen molar-refractivity contribution < 1.29 is 33.4 Å². The number of rotatable bonds is 54. The Kier molecular flexibility index (Phi) is 45.4. The summed E-state index contributed by atoms with van der Waals surface area (Å²) in [5, 5.41) is 0. The smallest absolute Gasteiger partial charge is 0.374 e. The molecule has 0 N–H and O–H groups in total. The predicted molar refractivity (Wildman–Crippen MR) is 287 cm³/mol. The molecule has 8 heteroatoms. The van der Waals surface area contributed by atoms with E-state index in [4.69, 9.17) is 19.2 Å². The maximum absolute atomic E-state index is 12.9. The van der Waals surface area contributed by atoms with Gasteiger partial charge in [-0.3, -0.25) is 9.59 Å². The lowest BCUT2D eigenvalue weighted by atomic mass is 10.0. The summed E-state index contributed by atoms with van der Waals surface area (Å²) in [4.78, 5) is 56.1. The SMILES string of the molecule is CCCCCCCCCCCCCCCCCC(=O)C(=O)OCC1(COC(=O)C(=O)CCCCCCCCCCCCCCCCC)COC(CCCCCCCCCCCCCCCCC)=N1. The van der Waals surface area contributed by atoms with Crippen molar-refractivity contribution in [3.05, 3.63) is 0 Å². The van der Waals surface area contributed by atoms with Crippen LogP contribution in [-0.2, 0) is 33.4 Å². The zero-order valence-corrected chi connectivity index (χ0v) is 45.4. The van der Waals surface area contributed by atoms with Gasteiger partial charge in [0.15, 0.2) is 11.4 Å². The number of esters is 2. The van der Waals surface area contributed by atoms with Crippen LogP contribution in [0.25, 0.3) is 0 Å². The van der Waals surface area contributed by atoms with Gasteiger partial charge in [-0.1, -0.05) is 290 Å². The molecule has 0 aromatic rings. The van der Waals surface area contributed by atoms with E-state index < -0.39 is 29.0 Å². The molecule has 8 nitrogen and oxygen atoms in total. The van der Waals surface area contributed by atoms with Crippen molar-refractivity contribution in [3.63, 3.8) is 0 Å². The van der Waals surface area contributed by atoms with Crippen LogP contribution in [0.5, 0.6) is 0 Å². The maximum atomic E-state index is 12.9. The van der Waals surface area contributed by atoms with Crippen LogP contribution in [0.2, 0.25) is 0 Å². The van der Waals surface area contributed by atoms with Crippen molar-refractivity contribution in [1.29, 1.82) is 0 Å². The number of hydrogen-bond donors (Lipinski definition) is 0. The van der Waals surface area contributed by atoms with Gasteiger partial charge in [-0.05, 0) is 19.3 Å². The molecule has 0 amide bonds. The Hall–Kier alpha value is -2.25. The topological polar surface area (TPSA) is 108 Å². The van der Waals surface area contributed by atoms with E-state index in [-0.39, 0.29) is 32.7 Å². The Morgan fingerprint density at radius 3 is 0.868 bits per heavy atom. The molecule has 0 spiro atoms. The number of unbranched alkanes of at least 4 members (excludes halogenated alkanes) is 42. The standard InChI is InChI=1S/C60H111NO7/c1-4-7-10-13-16-19-22-25-28-31-34-37-40-43-46-49-55(62)58(64)67-53-60(52-66-57(61-60)51-48-45-42-39-36-33-30-27-24-21-18-15-12-9-6-3)54-68-59(65)56(63)50-47-44-41-38-35-32-29-26-23-20-17-14-11-8-5-2/h4-54H2,1-3H3. The highest BCUT2D eigenvalue weighted by Gasteiger charge is 2.41. The van der Waals surface area contributed by atoms with Gasteiger partial charge in [0.25, 0.3) is 0 Å². The van der Waals surface area contributed by atoms with Crippen molar-refractivity contribution >= 4 is 29.4 Å². The number of nitrogens with zero attached hydrogens (tertiary/aromatic N) is 1. The first-order valence-electron chi connectivity index (χ1n) is 30.0. The average molecular weight is 959 g/mol. The fourth-order valence-electron chi connectivity index (χ4n) is 9.59. The number of ether oxygens (including phenoxy) is 3. The molecule has 0 aliphatic carbocycles. The second kappa shape index (κ2) is 48.4. The molecule has 1 aliphatic heterocycles. The molecule has 0 aromatic heterocycles. The molecule has 0 atom stereocenters. The van der Waals surface area contributed by atoms with E-state index in [1.54, 1.807) is 0 Å². The van der Waals surface area contributed by atoms with E-state index in [1.165, 1.54) is 238 Å². The number of ketones is 2. The predicted octanol–water partition coefficient (Wildman–Crippen LogP) is 18.2. The molecule has 0 fully saturated rings. The summed E-state index contributed by atoms with van der Waals surface area (Å²) in [5.41, 5.74) is -1.17. The third-order valence-corrected chi connectivity index (χ3v) is 14.3. The molecule has 68 heavy (non-hydrogen) atoms. The number of carbonyl (C=O) groups is 4. The second-order valence-electron chi connectivity index (χ2n) is 21.1. The molecule has 0 bridgehead atoms. The summed E-state index contributed by atoms with van der Waals surface area (Å²) in [6.07, 6.45) is 57.4. The van der Waals surface area contributed by atoms with Crippen molar-refractivity contribution in [2.45, 2.75) is 335 Å². The monoisotopic (exact) mass is 958 g/mol. The van der Waals surface area contributed by atoms with E-state index in [2.05, 4.69) is 20.8 Å². The summed E-state index contributed by atoms with van der Waals surface area (Å²) in [6.45, 7) is 6.40. The van der Waals surface area contributed by atoms with Gasteiger partial charge in [-0.15, -0.1) is 0 Å². The molecule has 1 rings (SSSR count). The van der Waals surface area contributed by atoms with Crippen LogP contribution in [0, 0.1) is 0 Å². The third-order valence-electron chi connectivity index (χ3n) is 14.3. The lowest BCUT2D eigenvalue weighted by Gasteiger charge is -2.23. The van der Waals surface area contributed by atoms with Crippen molar-refractivity contribution in [3.8, 4) is 0 Å². The van der Waals surface area contributed by atoms with E-state index in [0.29, 0.717) is 25.2 Å². The lowest BCUT2D eigenvalue weighted by Crippen LogP contribution is -2.42. The van der Waals surface area contributed by atoms with Gasteiger partial charge in [0.1, 0.15) is 19.8 Å². The molecule has 1 heterocycles. The van der Waals surface area contributed by atoms with Crippen molar-refractivity contribution in [1.82, 2.24) is 0 Å². The summed E-state index contributed by atoms with van der Waals surface area (Å²) in [6, 6.07) is 0. The Bertz CT molecular complexity index is 1150. The summed E-state index contributed by atoms with van der Waals surface area (Å²) in [5.74, 6) is -2.27. The van der Waals surface area contributed by atoms with Crippen LogP contribution < -0.4 is 0 Å². The minimum Gasteiger partial charge on any atom is -0.478 e. The average Bonchev–Trinajstić information content (AvgIpc) is 3.76. The van der Waals surface area contributed by atoms with E-state index in [1.807, 2.05) is 0 Å². The summed E-state index contributed by atoms with van der Waals surface area (Å²) < 4.78 is 17.1. The molecular weight excluding hydrogens is 847 g/mol. The van der Waals surface area contributed by atoms with Gasteiger partial charge in [0.2, 0.25) is 11.6 Å². The first kappa shape index (κ1) is 63.8. The number of carbonyl (C=O) groups excluding carboxylic acids is 4. The number of Topliss-reactive ketones (excluding diaryl/α,β-unsaturated/α-hetero) is 2. The van der Waals surface area contributed by atoms with Crippen LogP contribution >= 0.6 is 0 Å². The Morgan fingerprint density at radius 1 is 0.368 bits per heavy atom. The normalized spacial score (nSPS) is 13.1. The quantitative estimate of drug-likeness (QED) is 0.0339. The van der Waals surface area contributed by atoms with E-state index in [9.17, 15) is 19.2 Å². The van der Waals surface area contributed by atoms with Crippen LogP contribution in [0.3, 0.4) is 0 Å². The fraction of sp³-hybridized carbons (Fsp3) is 0.917. The molecular formula is C60H111NO7. The largest absolute Gasteiger partial charge is 0.478 e. The minimum absolute atomic E-state index is 0.0715. The summed E-state index contributed by atoms with van der Waals surface area (Å²) in [7, 11) is 0. The Labute approximate surface area is 420 Å². The molecule has 0 radical (unpaired) electrons. The van der Waals surface area contributed by atoms with Gasteiger partial charge in [0, 0.05) is 19.3 Å². The van der Waals surface area contributed by atoms with E-state index in [0.717, 1.165) is 38.5 Å². The van der Waals surface area contributed by atoms with Gasteiger partial charge >= 0.3 is 11.9 Å². The van der Waals surface area contributed by atoms with Crippen LogP contribution in [0.1, 0.15) is 329 Å². The highest BCUT2D eigenvalue weighted by atomic mass is 16.6. The Morgan fingerprint density at radius 2 is 0.603 bits per heavy atom. The molecule has 398 valence electrons. The zero-order valence-electron chi connectivity index (χ0n) is 45.4. The van der Waals surface area contributed by atoms with Gasteiger partial charge < -0.3 is 14.2 Å². The molecule has 0 aromatic carbocycles. The number of aliphatic imine (C=N–C) groups is 1. The van der Waals surface area contributed by atoms with Crippen LogP contribution in [0.4, 0.5) is 0 Å². The highest BCUT2D eigenvalue weighted by Crippen LogP contribution is 2.24. The van der Waals surface area contributed by atoms with Crippen LogP contribution in [0.15, 0.2) is 4.99 Å². The number of hydrogen-bond acceptors (Lipinski definition) is 8. The highest BCUT2D eigenvalue weighted by molar-refractivity contribution is 6.34. The minimum atomic E-state index is -1.17. The van der Waals surface area contributed by atoms with Gasteiger partial charge in [0.05, 0.1) is 0 Å².